The highest BCUT2D eigenvalue weighted by atomic mass is 32.2. The molecule has 2 heterocycles. The molecule has 3 aromatic rings. The van der Waals surface area contributed by atoms with Gasteiger partial charge in [0.15, 0.2) is 10.2 Å². The number of carbonyl (C=O) groups is 1. The zero-order valence-electron chi connectivity index (χ0n) is 11.5. The van der Waals surface area contributed by atoms with Crippen LogP contribution in [0.25, 0.3) is 10.2 Å². The second kappa shape index (κ2) is 5.87. The average molecular weight is 319 g/mol. The van der Waals surface area contributed by atoms with E-state index in [2.05, 4.69) is 15.5 Å². The number of aryl methyl sites for hydroxylation is 1. The molecule has 1 amide bonds. The van der Waals surface area contributed by atoms with Crippen LogP contribution in [0.4, 0.5) is 5.82 Å². The van der Waals surface area contributed by atoms with E-state index in [4.69, 9.17) is 4.52 Å². The Balaban J connectivity index is 1.67. The van der Waals surface area contributed by atoms with Gasteiger partial charge in [0.2, 0.25) is 5.91 Å². The largest absolute Gasteiger partial charge is 0.360 e. The predicted molar refractivity (Wildman–Crippen MR) is 84.8 cm³/mol. The molecule has 7 heteroatoms. The minimum Gasteiger partial charge on any atom is -0.360 e. The van der Waals surface area contributed by atoms with Crippen molar-refractivity contribution >= 4 is 45.0 Å². The number of fused-ring (bicyclic) bond motifs is 1. The molecule has 0 spiro atoms. The minimum atomic E-state index is -0.262. The summed E-state index contributed by atoms with van der Waals surface area (Å²) in [6, 6.07) is 9.63. The molecule has 0 aliphatic carbocycles. The third-order valence-corrected chi connectivity index (χ3v) is 5.03. The topological polar surface area (TPSA) is 68.0 Å². The minimum absolute atomic E-state index is 0.118. The van der Waals surface area contributed by atoms with Gasteiger partial charge in [-0.1, -0.05) is 29.1 Å². The van der Waals surface area contributed by atoms with Crippen molar-refractivity contribution in [3.63, 3.8) is 0 Å². The monoisotopic (exact) mass is 319 g/mol. The van der Waals surface area contributed by atoms with E-state index in [1.807, 2.05) is 31.2 Å². The fourth-order valence-corrected chi connectivity index (χ4v) is 3.97. The van der Waals surface area contributed by atoms with Crippen LogP contribution < -0.4 is 5.32 Å². The summed E-state index contributed by atoms with van der Waals surface area (Å²) in [7, 11) is 0. The number of nitrogens with one attached hydrogen (secondary N) is 1. The van der Waals surface area contributed by atoms with Crippen molar-refractivity contribution in [2.24, 2.45) is 0 Å². The molecule has 3 rings (SSSR count). The van der Waals surface area contributed by atoms with E-state index < -0.39 is 0 Å². The van der Waals surface area contributed by atoms with Gasteiger partial charge in [-0.3, -0.25) is 4.79 Å². The number of hydrogen-bond donors (Lipinski definition) is 1. The Hall–Kier alpha value is -1.86. The molecule has 1 aromatic carbocycles. The molecule has 0 radical (unpaired) electrons. The van der Waals surface area contributed by atoms with Gasteiger partial charge in [0, 0.05) is 6.07 Å². The van der Waals surface area contributed by atoms with Crippen LogP contribution in [-0.2, 0) is 4.79 Å². The number of para-hydroxylation sites is 1. The highest BCUT2D eigenvalue weighted by molar-refractivity contribution is 8.02. The Bertz CT molecular complexity index is 748. The Morgan fingerprint density at radius 3 is 2.95 bits per heavy atom. The summed E-state index contributed by atoms with van der Waals surface area (Å²) in [4.78, 5) is 16.6. The maximum Gasteiger partial charge on any atom is 0.238 e. The summed E-state index contributed by atoms with van der Waals surface area (Å²) < 4.78 is 6.93. The Kier molecular flexibility index (Phi) is 3.94. The van der Waals surface area contributed by atoms with Crippen LogP contribution in [0, 0.1) is 6.92 Å². The number of thioether (sulfide) groups is 1. The fourth-order valence-electron chi connectivity index (χ4n) is 1.76. The Morgan fingerprint density at radius 1 is 1.43 bits per heavy atom. The van der Waals surface area contributed by atoms with Crippen LogP contribution in [-0.4, -0.2) is 21.3 Å². The van der Waals surface area contributed by atoms with Crippen molar-refractivity contribution < 1.29 is 9.32 Å². The maximum absolute atomic E-state index is 12.1. The average Bonchev–Trinajstić information content (AvgIpc) is 3.04. The van der Waals surface area contributed by atoms with Gasteiger partial charge >= 0.3 is 0 Å². The van der Waals surface area contributed by atoms with E-state index in [1.54, 1.807) is 24.3 Å². The van der Waals surface area contributed by atoms with Gasteiger partial charge in [-0.15, -0.1) is 11.3 Å². The molecular formula is C14H13N3O2S2. The lowest BCUT2D eigenvalue weighted by atomic mass is 10.3. The maximum atomic E-state index is 12.1. The molecule has 1 atom stereocenters. The van der Waals surface area contributed by atoms with Gasteiger partial charge in [-0.25, -0.2) is 4.98 Å². The third-order valence-electron chi connectivity index (χ3n) is 2.80. The molecule has 21 heavy (non-hydrogen) atoms. The third kappa shape index (κ3) is 3.25. The van der Waals surface area contributed by atoms with Crippen molar-refractivity contribution in [2.75, 3.05) is 5.32 Å². The summed E-state index contributed by atoms with van der Waals surface area (Å²) in [5.74, 6) is 0.985. The first-order chi connectivity index (χ1) is 10.1. The standard InChI is InChI=1S/C14H13N3O2S2/c1-8-7-12(17-19-8)16-13(18)9(2)20-14-15-10-5-3-4-6-11(10)21-14/h3-7,9H,1-2H3,(H,16,17,18)/t9-/m0/s1. The molecule has 1 N–H and O–H groups in total. The molecule has 0 saturated carbocycles. The SMILES string of the molecule is Cc1cc(NC(=O)[C@H](C)Sc2nc3ccccc3s2)no1. The molecule has 5 nitrogen and oxygen atoms in total. The highest BCUT2D eigenvalue weighted by Gasteiger charge is 2.18. The van der Waals surface area contributed by atoms with Crippen molar-refractivity contribution in [1.82, 2.24) is 10.1 Å². The van der Waals surface area contributed by atoms with E-state index in [-0.39, 0.29) is 11.2 Å². The van der Waals surface area contributed by atoms with Crippen LogP contribution in [0.2, 0.25) is 0 Å². The van der Waals surface area contributed by atoms with Gasteiger partial charge in [0.25, 0.3) is 0 Å². The summed E-state index contributed by atoms with van der Waals surface area (Å²) >= 11 is 3.03. The molecule has 0 saturated heterocycles. The number of benzene rings is 1. The van der Waals surface area contributed by atoms with E-state index in [0.717, 1.165) is 14.6 Å². The van der Waals surface area contributed by atoms with E-state index in [1.165, 1.54) is 11.8 Å². The van der Waals surface area contributed by atoms with E-state index in [9.17, 15) is 4.79 Å². The number of carbonyl (C=O) groups excluding carboxylic acids is 1. The molecule has 0 aliphatic rings. The van der Waals surface area contributed by atoms with Crippen molar-refractivity contribution in [3.05, 3.63) is 36.1 Å². The smallest absolute Gasteiger partial charge is 0.238 e. The van der Waals surface area contributed by atoms with Crippen LogP contribution >= 0.6 is 23.1 Å². The second-order valence-corrected chi connectivity index (χ2v) is 7.14. The summed E-state index contributed by atoms with van der Waals surface area (Å²) in [6.07, 6.45) is 0. The lowest BCUT2D eigenvalue weighted by Crippen LogP contribution is -2.22. The highest BCUT2D eigenvalue weighted by Crippen LogP contribution is 2.32. The molecule has 0 unspecified atom stereocenters. The van der Waals surface area contributed by atoms with Crippen LogP contribution in [0.5, 0.6) is 0 Å². The molecule has 2 aromatic heterocycles. The van der Waals surface area contributed by atoms with Crippen LogP contribution in [0.3, 0.4) is 0 Å². The first-order valence-electron chi connectivity index (χ1n) is 6.38. The summed E-state index contributed by atoms with van der Waals surface area (Å²) in [5, 5.41) is 6.22. The zero-order chi connectivity index (χ0) is 14.8. The number of aromatic nitrogens is 2. The lowest BCUT2D eigenvalue weighted by Gasteiger charge is -2.07. The van der Waals surface area contributed by atoms with Crippen molar-refractivity contribution in [1.29, 1.82) is 0 Å². The molecule has 108 valence electrons. The van der Waals surface area contributed by atoms with Gasteiger partial charge in [-0.05, 0) is 26.0 Å². The first kappa shape index (κ1) is 14.1. The first-order valence-corrected chi connectivity index (χ1v) is 8.08. The number of anilines is 1. The zero-order valence-corrected chi connectivity index (χ0v) is 13.1. The van der Waals surface area contributed by atoms with Gasteiger partial charge in [-0.2, -0.15) is 0 Å². The number of nitrogens with zero attached hydrogens (tertiary/aromatic N) is 2. The Morgan fingerprint density at radius 2 is 2.24 bits per heavy atom. The van der Waals surface area contributed by atoms with E-state index in [0.29, 0.717) is 11.6 Å². The molecule has 0 bridgehead atoms. The number of rotatable bonds is 4. The molecule has 0 fully saturated rings. The van der Waals surface area contributed by atoms with Gasteiger partial charge in [0.1, 0.15) is 5.76 Å². The number of amides is 1. The van der Waals surface area contributed by atoms with E-state index >= 15 is 0 Å². The Labute approximate surface area is 129 Å². The van der Waals surface area contributed by atoms with Crippen molar-refractivity contribution in [2.45, 2.75) is 23.4 Å². The normalized spacial score (nSPS) is 12.5. The lowest BCUT2D eigenvalue weighted by molar-refractivity contribution is -0.115. The van der Waals surface area contributed by atoms with Gasteiger partial charge in [0.05, 0.1) is 15.5 Å². The van der Waals surface area contributed by atoms with Crippen LogP contribution in [0.1, 0.15) is 12.7 Å². The number of thiazole rings is 1. The van der Waals surface area contributed by atoms with Gasteiger partial charge < -0.3 is 9.84 Å². The summed E-state index contributed by atoms with van der Waals surface area (Å²) in [5.41, 5.74) is 0.963. The molecular weight excluding hydrogens is 306 g/mol. The van der Waals surface area contributed by atoms with Crippen molar-refractivity contribution in [3.8, 4) is 0 Å². The molecule has 0 aliphatic heterocycles. The predicted octanol–water partition coefficient (Wildman–Crippen LogP) is 3.71. The number of hydrogen-bond acceptors (Lipinski definition) is 6. The second-order valence-electron chi connectivity index (χ2n) is 4.52. The van der Waals surface area contributed by atoms with Crippen LogP contribution in [0.15, 0.2) is 39.2 Å². The quantitative estimate of drug-likeness (QED) is 0.742. The summed E-state index contributed by atoms with van der Waals surface area (Å²) in [6.45, 7) is 3.63. The fraction of sp³-hybridized carbons (Fsp3) is 0.214.